The van der Waals surface area contributed by atoms with Gasteiger partial charge in [0.1, 0.15) is 5.40 Å². The van der Waals surface area contributed by atoms with E-state index in [1.165, 1.54) is 0 Å². The summed E-state index contributed by atoms with van der Waals surface area (Å²) in [5.41, 5.74) is 7.23. The normalized spacial score (nSPS) is 9.00. The van der Waals surface area contributed by atoms with Crippen molar-refractivity contribution in [1.29, 1.82) is 5.26 Å². The van der Waals surface area contributed by atoms with Crippen LogP contribution in [0, 0.1) is 22.5 Å². The standard InChI is InChI=1S/C12H13N3S/c1-15-7-3-2-4-10-8-11(16-9-13)5-6-12(10)14/h5-6,8,15H,3,7,14H2,1H3. The molecule has 1 rings (SSSR count). The number of nitrogens with two attached hydrogens (primary N) is 1. The van der Waals surface area contributed by atoms with Crippen molar-refractivity contribution in [2.24, 2.45) is 0 Å². The van der Waals surface area contributed by atoms with E-state index in [-0.39, 0.29) is 0 Å². The minimum absolute atomic E-state index is 0.652. The molecule has 4 heteroatoms. The van der Waals surface area contributed by atoms with E-state index in [2.05, 4.69) is 17.2 Å². The Labute approximate surface area is 100 Å². The number of hydrogen-bond acceptors (Lipinski definition) is 4. The number of nitrogens with zero attached hydrogens (tertiary/aromatic N) is 1. The zero-order chi connectivity index (χ0) is 11.8. The van der Waals surface area contributed by atoms with Gasteiger partial charge in [-0.25, -0.2) is 0 Å². The number of hydrogen-bond donors (Lipinski definition) is 2. The fraction of sp³-hybridized carbons (Fsp3) is 0.250. The third kappa shape index (κ3) is 3.86. The SMILES string of the molecule is CNCCC#Cc1cc(SC#N)ccc1N. The van der Waals surface area contributed by atoms with E-state index >= 15 is 0 Å². The van der Waals surface area contributed by atoms with Gasteiger partial charge in [0.25, 0.3) is 0 Å². The third-order valence-electron chi connectivity index (χ3n) is 1.91. The van der Waals surface area contributed by atoms with E-state index in [1.54, 1.807) is 6.07 Å². The van der Waals surface area contributed by atoms with Crippen molar-refractivity contribution in [3.63, 3.8) is 0 Å². The second-order valence-electron chi connectivity index (χ2n) is 3.10. The van der Waals surface area contributed by atoms with Gasteiger partial charge in [0.2, 0.25) is 0 Å². The molecular formula is C12H13N3S. The molecule has 0 spiro atoms. The van der Waals surface area contributed by atoms with Gasteiger partial charge in [-0.3, -0.25) is 0 Å². The number of nitriles is 1. The maximum atomic E-state index is 8.56. The number of thiocyanates is 1. The van der Waals surface area contributed by atoms with Crippen LogP contribution >= 0.6 is 11.8 Å². The zero-order valence-corrected chi connectivity index (χ0v) is 9.90. The topological polar surface area (TPSA) is 61.8 Å². The summed E-state index contributed by atoms with van der Waals surface area (Å²) >= 11 is 1.11. The molecule has 1 aromatic carbocycles. The molecular weight excluding hydrogens is 218 g/mol. The molecule has 0 aliphatic heterocycles. The maximum absolute atomic E-state index is 8.56. The molecule has 0 saturated heterocycles. The summed E-state index contributed by atoms with van der Waals surface area (Å²) in [4.78, 5) is 0.870. The average molecular weight is 231 g/mol. The van der Waals surface area contributed by atoms with Crippen molar-refractivity contribution in [2.45, 2.75) is 11.3 Å². The Kier molecular flexibility index (Phi) is 5.28. The summed E-state index contributed by atoms with van der Waals surface area (Å²) < 4.78 is 0. The summed E-state index contributed by atoms with van der Waals surface area (Å²) in [6.07, 6.45) is 0.783. The Morgan fingerprint density at radius 3 is 3.00 bits per heavy atom. The molecule has 0 radical (unpaired) electrons. The van der Waals surface area contributed by atoms with Crippen LogP contribution in [0.15, 0.2) is 23.1 Å². The minimum atomic E-state index is 0.652. The van der Waals surface area contributed by atoms with Gasteiger partial charge >= 0.3 is 0 Å². The van der Waals surface area contributed by atoms with Crippen LogP contribution in [0.3, 0.4) is 0 Å². The number of nitrogen functional groups attached to an aromatic ring is 1. The molecule has 1 aromatic rings. The van der Waals surface area contributed by atoms with Crippen molar-refractivity contribution < 1.29 is 0 Å². The number of anilines is 1. The summed E-state index contributed by atoms with van der Waals surface area (Å²) in [5.74, 6) is 6.04. The van der Waals surface area contributed by atoms with Crippen molar-refractivity contribution in [3.05, 3.63) is 23.8 Å². The van der Waals surface area contributed by atoms with E-state index in [0.717, 1.165) is 35.2 Å². The molecule has 16 heavy (non-hydrogen) atoms. The van der Waals surface area contributed by atoms with Crippen LogP contribution in [-0.2, 0) is 0 Å². The van der Waals surface area contributed by atoms with Crippen LogP contribution in [-0.4, -0.2) is 13.6 Å². The lowest BCUT2D eigenvalue weighted by molar-refractivity contribution is 0.818. The van der Waals surface area contributed by atoms with Gasteiger partial charge in [-0.15, -0.1) is 0 Å². The molecule has 3 nitrogen and oxygen atoms in total. The predicted octanol–water partition coefficient (Wildman–Crippen LogP) is 1.80. The van der Waals surface area contributed by atoms with Gasteiger partial charge < -0.3 is 11.1 Å². The minimum Gasteiger partial charge on any atom is -0.398 e. The van der Waals surface area contributed by atoms with Gasteiger partial charge in [0.05, 0.1) is 0 Å². The number of benzene rings is 1. The molecule has 0 amide bonds. The fourth-order valence-electron chi connectivity index (χ4n) is 1.11. The highest BCUT2D eigenvalue weighted by molar-refractivity contribution is 8.03. The molecule has 82 valence electrons. The number of rotatable bonds is 3. The monoisotopic (exact) mass is 231 g/mol. The molecule has 0 saturated carbocycles. The largest absolute Gasteiger partial charge is 0.398 e. The summed E-state index contributed by atoms with van der Waals surface area (Å²) in [7, 11) is 1.89. The first kappa shape index (κ1) is 12.4. The van der Waals surface area contributed by atoms with Gasteiger partial charge in [-0.2, -0.15) is 5.26 Å². The first-order valence-corrected chi connectivity index (χ1v) is 5.68. The second-order valence-corrected chi connectivity index (χ2v) is 3.96. The summed E-state index contributed by atoms with van der Waals surface area (Å²) in [6.45, 7) is 0.861. The van der Waals surface area contributed by atoms with E-state index in [4.69, 9.17) is 11.0 Å². The highest BCUT2D eigenvalue weighted by Gasteiger charge is 1.98. The lowest BCUT2D eigenvalue weighted by Crippen LogP contribution is -2.05. The van der Waals surface area contributed by atoms with Crippen LogP contribution in [0.2, 0.25) is 0 Å². The Bertz CT molecular complexity index is 452. The van der Waals surface area contributed by atoms with Crippen LogP contribution in [0.1, 0.15) is 12.0 Å². The quantitative estimate of drug-likeness (QED) is 0.274. The molecule has 0 heterocycles. The van der Waals surface area contributed by atoms with Gasteiger partial charge in [-0.05, 0) is 37.0 Å². The van der Waals surface area contributed by atoms with E-state index in [9.17, 15) is 0 Å². The Balaban J connectivity index is 2.80. The highest BCUT2D eigenvalue weighted by atomic mass is 32.2. The Morgan fingerprint density at radius 2 is 2.31 bits per heavy atom. The first-order chi connectivity index (χ1) is 7.77. The van der Waals surface area contributed by atoms with E-state index in [1.807, 2.05) is 24.6 Å². The van der Waals surface area contributed by atoms with Crippen molar-refractivity contribution in [3.8, 4) is 17.2 Å². The van der Waals surface area contributed by atoms with Crippen LogP contribution in [0.5, 0.6) is 0 Å². The molecule has 0 unspecified atom stereocenters. The van der Waals surface area contributed by atoms with Gasteiger partial charge in [0.15, 0.2) is 0 Å². The predicted molar refractivity (Wildman–Crippen MR) is 67.7 cm³/mol. The van der Waals surface area contributed by atoms with E-state index in [0.29, 0.717) is 5.69 Å². The number of thioether (sulfide) groups is 1. The lowest BCUT2D eigenvalue weighted by Gasteiger charge is -1.99. The van der Waals surface area contributed by atoms with Crippen molar-refractivity contribution >= 4 is 17.4 Å². The van der Waals surface area contributed by atoms with Crippen LogP contribution < -0.4 is 11.1 Å². The Hall–Kier alpha value is -1.62. The smallest absolute Gasteiger partial charge is 0.138 e. The molecule has 3 N–H and O–H groups in total. The molecule has 0 bridgehead atoms. The first-order valence-electron chi connectivity index (χ1n) is 4.87. The second kappa shape index (κ2) is 6.79. The van der Waals surface area contributed by atoms with Crippen molar-refractivity contribution in [1.82, 2.24) is 5.32 Å². The Morgan fingerprint density at radius 1 is 1.50 bits per heavy atom. The molecule has 0 atom stereocenters. The zero-order valence-electron chi connectivity index (χ0n) is 9.08. The number of nitrogens with one attached hydrogen (secondary N) is 1. The maximum Gasteiger partial charge on any atom is 0.138 e. The van der Waals surface area contributed by atoms with Crippen LogP contribution in [0.4, 0.5) is 5.69 Å². The molecule has 0 fully saturated rings. The highest BCUT2D eigenvalue weighted by Crippen LogP contribution is 2.21. The molecule has 0 aliphatic rings. The average Bonchev–Trinajstić information content (AvgIpc) is 2.29. The third-order valence-corrected chi connectivity index (χ3v) is 2.49. The summed E-state index contributed by atoms with van der Waals surface area (Å²) in [6, 6.07) is 5.44. The fourth-order valence-corrected chi connectivity index (χ4v) is 1.52. The van der Waals surface area contributed by atoms with Crippen molar-refractivity contribution in [2.75, 3.05) is 19.3 Å². The summed E-state index contributed by atoms with van der Waals surface area (Å²) in [5, 5.41) is 13.6. The van der Waals surface area contributed by atoms with Crippen LogP contribution in [0.25, 0.3) is 0 Å². The van der Waals surface area contributed by atoms with Gasteiger partial charge in [0, 0.05) is 29.1 Å². The van der Waals surface area contributed by atoms with E-state index < -0.39 is 0 Å². The lowest BCUT2D eigenvalue weighted by atomic mass is 10.2. The molecule has 0 aromatic heterocycles. The van der Waals surface area contributed by atoms with Gasteiger partial charge in [-0.1, -0.05) is 11.8 Å². The molecule has 0 aliphatic carbocycles.